The Balaban J connectivity index is 2.26. The zero-order valence-corrected chi connectivity index (χ0v) is 15.9. The predicted molar refractivity (Wildman–Crippen MR) is 99.5 cm³/mol. The van der Waals surface area contributed by atoms with Crippen LogP contribution in [0.3, 0.4) is 0 Å². The topological polar surface area (TPSA) is 93.7 Å². The molecule has 2 rings (SSSR count). The molecule has 140 valence electrons. The lowest BCUT2D eigenvalue weighted by Crippen LogP contribution is -2.27. The molecule has 2 N–H and O–H groups in total. The summed E-state index contributed by atoms with van der Waals surface area (Å²) in [7, 11) is -0.833. The van der Waals surface area contributed by atoms with Crippen molar-refractivity contribution in [1.29, 1.82) is 0 Å². The molecule has 0 aliphatic rings. The average molecular weight is 399 g/mol. The molecule has 0 saturated carbocycles. The maximum atomic E-state index is 12.4. The van der Waals surface area contributed by atoms with Crippen molar-refractivity contribution < 1.29 is 22.7 Å². The zero-order valence-electron chi connectivity index (χ0n) is 14.3. The molecule has 0 heterocycles. The van der Waals surface area contributed by atoms with Gasteiger partial charge < -0.3 is 14.8 Å². The molecule has 26 heavy (non-hydrogen) atoms. The maximum Gasteiger partial charge on any atom is 0.255 e. The number of rotatable bonds is 8. The number of hydrogen-bond acceptors (Lipinski definition) is 5. The Labute approximate surface area is 157 Å². The van der Waals surface area contributed by atoms with Crippen LogP contribution in [0.4, 0.5) is 5.69 Å². The molecule has 2 aromatic carbocycles. The zero-order chi connectivity index (χ0) is 19.2. The van der Waals surface area contributed by atoms with Gasteiger partial charge in [0.05, 0.1) is 24.3 Å². The third-order valence-electron chi connectivity index (χ3n) is 3.43. The molecule has 9 heteroatoms. The van der Waals surface area contributed by atoms with Crippen LogP contribution < -0.4 is 14.8 Å². The van der Waals surface area contributed by atoms with Crippen LogP contribution in [0.15, 0.2) is 47.4 Å². The molecule has 0 aliphatic carbocycles. The number of benzene rings is 2. The number of amides is 1. The van der Waals surface area contributed by atoms with E-state index in [1.807, 2.05) is 0 Å². The van der Waals surface area contributed by atoms with E-state index in [9.17, 15) is 13.2 Å². The largest absolute Gasteiger partial charge is 0.495 e. The Morgan fingerprint density at radius 1 is 1.12 bits per heavy atom. The Bertz CT molecular complexity index is 869. The summed E-state index contributed by atoms with van der Waals surface area (Å²) in [6, 6.07) is 10.5. The summed E-state index contributed by atoms with van der Waals surface area (Å²) in [5, 5.41) is 3.16. The highest BCUT2D eigenvalue weighted by Gasteiger charge is 2.17. The van der Waals surface area contributed by atoms with Gasteiger partial charge in [-0.05, 0) is 42.5 Å². The molecule has 2 aromatic rings. The number of hydrogen-bond donors (Lipinski definition) is 2. The normalized spacial score (nSPS) is 11.2. The lowest BCUT2D eigenvalue weighted by molar-refractivity contribution is 0.102. The highest BCUT2D eigenvalue weighted by molar-refractivity contribution is 7.89. The van der Waals surface area contributed by atoms with Crippen LogP contribution in [0, 0.1) is 0 Å². The average Bonchev–Trinajstić information content (AvgIpc) is 2.62. The van der Waals surface area contributed by atoms with Gasteiger partial charge in [-0.3, -0.25) is 4.79 Å². The molecule has 0 fully saturated rings. The van der Waals surface area contributed by atoms with E-state index in [1.54, 1.807) is 24.3 Å². The van der Waals surface area contributed by atoms with Gasteiger partial charge >= 0.3 is 0 Å². The number of nitrogens with one attached hydrogen (secondary N) is 2. The molecule has 0 saturated heterocycles. The maximum absolute atomic E-state index is 12.4. The van der Waals surface area contributed by atoms with Crippen LogP contribution in [0.2, 0.25) is 5.02 Å². The second-order valence-corrected chi connectivity index (χ2v) is 7.42. The minimum atomic E-state index is -3.74. The number of methoxy groups -OCH3 is 2. The number of anilines is 1. The molecule has 0 bridgehead atoms. The summed E-state index contributed by atoms with van der Waals surface area (Å²) < 4.78 is 37.1. The van der Waals surface area contributed by atoms with Crippen LogP contribution in [-0.4, -0.2) is 41.7 Å². The summed E-state index contributed by atoms with van der Waals surface area (Å²) in [6.45, 7) is 0.382. The van der Waals surface area contributed by atoms with E-state index in [0.29, 0.717) is 16.3 Å². The van der Waals surface area contributed by atoms with E-state index in [1.165, 1.54) is 32.4 Å². The number of halogens is 1. The fourth-order valence-electron chi connectivity index (χ4n) is 2.11. The molecule has 0 atom stereocenters. The second-order valence-electron chi connectivity index (χ2n) is 5.21. The minimum Gasteiger partial charge on any atom is -0.495 e. The lowest BCUT2D eigenvalue weighted by Gasteiger charge is -2.13. The van der Waals surface area contributed by atoms with Crippen molar-refractivity contribution in [3.63, 3.8) is 0 Å². The van der Waals surface area contributed by atoms with E-state index in [4.69, 9.17) is 21.1 Å². The molecule has 0 radical (unpaired) electrons. The fraction of sp³-hybridized carbons (Fsp3) is 0.235. The van der Waals surface area contributed by atoms with Crippen molar-refractivity contribution in [2.45, 2.75) is 4.90 Å². The molecule has 0 unspecified atom stereocenters. The Morgan fingerprint density at radius 3 is 2.42 bits per heavy atom. The van der Waals surface area contributed by atoms with Gasteiger partial charge in [0, 0.05) is 24.2 Å². The first kappa shape index (κ1) is 20.2. The van der Waals surface area contributed by atoms with Gasteiger partial charge in [-0.2, -0.15) is 0 Å². The second kappa shape index (κ2) is 9.00. The number of ether oxygens (including phenoxy) is 2. The Kier molecular flexibility index (Phi) is 6.98. The minimum absolute atomic E-state index is 0.000749. The highest BCUT2D eigenvalue weighted by Crippen LogP contribution is 2.28. The highest BCUT2D eigenvalue weighted by atomic mass is 35.5. The van der Waals surface area contributed by atoms with Crippen molar-refractivity contribution >= 4 is 33.2 Å². The van der Waals surface area contributed by atoms with Crippen LogP contribution in [0.5, 0.6) is 5.75 Å². The predicted octanol–water partition coefficient (Wildman–Crippen LogP) is 2.53. The van der Waals surface area contributed by atoms with Crippen LogP contribution >= 0.6 is 11.6 Å². The van der Waals surface area contributed by atoms with Crippen molar-refractivity contribution in [3.05, 3.63) is 53.1 Å². The smallest absolute Gasteiger partial charge is 0.255 e. The van der Waals surface area contributed by atoms with Crippen LogP contribution in [0.1, 0.15) is 10.4 Å². The summed E-state index contributed by atoms with van der Waals surface area (Å²) >= 11 is 5.81. The van der Waals surface area contributed by atoms with Crippen molar-refractivity contribution in [3.8, 4) is 5.75 Å². The van der Waals surface area contributed by atoms with Gasteiger partial charge in [0.1, 0.15) is 5.75 Å². The molecule has 1 amide bonds. The molecular formula is C17H19ClN2O5S. The van der Waals surface area contributed by atoms with E-state index >= 15 is 0 Å². The molecular weight excluding hydrogens is 380 g/mol. The van der Waals surface area contributed by atoms with Gasteiger partial charge in [0.15, 0.2) is 0 Å². The van der Waals surface area contributed by atoms with E-state index in [0.717, 1.165) is 0 Å². The van der Waals surface area contributed by atoms with Crippen molar-refractivity contribution in [2.24, 2.45) is 0 Å². The Morgan fingerprint density at radius 2 is 1.81 bits per heavy atom. The van der Waals surface area contributed by atoms with Gasteiger partial charge in [-0.15, -0.1) is 0 Å². The first-order valence-electron chi connectivity index (χ1n) is 7.61. The summed E-state index contributed by atoms with van der Waals surface area (Å²) in [5.41, 5.74) is 0.616. The van der Waals surface area contributed by atoms with Gasteiger partial charge in [-0.1, -0.05) is 11.6 Å². The van der Waals surface area contributed by atoms with E-state index in [2.05, 4.69) is 10.0 Å². The fourth-order valence-corrected chi connectivity index (χ4v) is 3.27. The molecule has 0 spiro atoms. The van der Waals surface area contributed by atoms with E-state index < -0.39 is 15.9 Å². The number of carbonyl (C=O) groups excluding carboxylic acids is 1. The number of sulfonamides is 1. The quantitative estimate of drug-likeness (QED) is 0.666. The van der Waals surface area contributed by atoms with Crippen LogP contribution in [0.25, 0.3) is 0 Å². The van der Waals surface area contributed by atoms with E-state index in [-0.39, 0.29) is 23.7 Å². The van der Waals surface area contributed by atoms with Gasteiger partial charge in [0.2, 0.25) is 10.0 Å². The summed E-state index contributed by atoms with van der Waals surface area (Å²) in [4.78, 5) is 12.4. The first-order chi connectivity index (χ1) is 12.4. The third kappa shape index (κ3) is 5.18. The lowest BCUT2D eigenvalue weighted by atomic mass is 10.2. The van der Waals surface area contributed by atoms with Gasteiger partial charge in [0.25, 0.3) is 5.91 Å². The summed E-state index contributed by atoms with van der Waals surface area (Å²) in [6.07, 6.45) is 0. The van der Waals surface area contributed by atoms with Crippen LogP contribution in [-0.2, 0) is 14.8 Å². The van der Waals surface area contributed by atoms with Crippen molar-refractivity contribution in [1.82, 2.24) is 4.72 Å². The van der Waals surface area contributed by atoms with Gasteiger partial charge in [-0.25, -0.2) is 13.1 Å². The SMILES string of the molecule is COCCNS(=O)(=O)c1ccc(OC)c(NC(=O)c2ccc(Cl)cc2)c1. The summed E-state index contributed by atoms with van der Waals surface area (Å²) in [5.74, 6) is -0.0787. The molecule has 0 aromatic heterocycles. The Hall–Kier alpha value is -2.13. The first-order valence-corrected chi connectivity index (χ1v) is 9.47. The number of carbonyl (C=O) groups is 1. The monoisotopic (exact) mass is 398 g/mol. The standard InChI is InChI=1S/C17H19ClN2O5S/c1-24-10-9-19-26(22,23)14-7-8-16(25-2)15(11-14)20-17(21)12-3-5-13(18)6-4-12/h3-8,11,19H,9-10H2,1-2H3,(H,20,21). The molecule has 7 nitrogen and oxygen atoms in total. The third-order valence-corrected chi connectivity index (χ3v) is 5.14. The van der Waals surface area contributed by atoms with Crippen molar-refractivity contribution in [2.75, 3.05) is 32.7 Å². The molecule has 0 aliphatic heterocycles.